The van der Waals surface area contributed by atoms with Gasteiger partial charge in [0.1, 0.15) is 0 Å². The van der Waals surface area contributed by atoms with Gasteiger partial charge in [0, 0.05) is 10.1 Å². The van der Waals surface area contributed by atoms with Gasteiger partial charge in [0.05, 0.1) is 5.56 Å². The number of nitrogens with one attached hydrogen (secondary N) is 1. The third-order valence-corrected chi connectivity index (χ3v) is 4.02. The summed E-state index contributed by atoms with van der Waals surface area (Å²) in [6.07, 6.45) is 2.08. The van der Waals surface area contributed by atoms with Crippen LogP contribution in [0, 0.1) is 9.49 Å². The van der Waals surface area contributed by atoms with E-state index < -0.39 is 0 Å². The van der Waals surface area contributed by atoms with Crippen LogP contribution < -0.4 is 5.32 Å². The summed E-state index contributed by atoms with van der Waals surface area (Å²) in [6.45, 7) is 2.89. The molecule has 88 valence electrons. The Labute approximate surface area is 115 Å². The normalized spacial score (nSPS) is 12.2. The van der Waals surface area contributed by atoms with Gasteiger partial charge in [-0.1, -0.05) is 19.1 Å². The van der Waals surface area contributed by atoms with E-state index in [0.717, 1.165) is 21.4 Å². The van der Waals surface area contributed by atoms with Crippen LogP contribution >= 0.6 is 34.4 Å². The molecule has 0 aliphatic rings. The number of amides is 1. The predicted octanol–water partition coefficient (Wildman–Crippen LogP) is 3.02. The molecule has 0 heterocycles. The maximum absolute atomic E-state index is 11.9. The van der Waals surface area contributed by atoms with Gasteiger partial charge in [0.25, 0.3) is 5.91 Å². The van der Waals surface area contributed by atoms with E-state index >= 15 is 0 Å². The largest absolute Gasteiger partial charge is 0.352 e. The molecule has 1 aromatic rings. The number of benzene rings is 1. The molecule has 0 aliphatic heterocycles. The minimum Gasteiger partial charge on any atom is -0.352 e. The van der Waals surface area contributed by atoms with Crippen molar-refractivity contribution in [1.82, 2.24) is 5.32 Å². The van der Waals surface area contributed by atoms with Crippen LogP contribution in [0.1, 0.15) is 17.3 Å². The van der Waals surface area contributed by atoms with Gasteiger partial charge in [0.15, 0.2) is 0 Å². The van der Waals surface area contributed by atoms with E-state index in [2.05, 4.69) is 41.1 Å². The molecule has 0 radical (unpaired) electrons. The second kappa shape index (κ2) is 7.17. The molecule has 1 N–H and O–H groups in total. The van der Waals surface area contributed by atoms with Crippen LogP contribution in [-0.4, -0.2) is 24.5 Å². The summed E-state index contributed by atoms with van der Waals surface area (Å²) in [5, 5.41) is 2.97. The lowest BCUT2D eigenvalue weighted by atomic mass is 10.2. The standard InChI is InChI=1S/C12H16INOS/c1-9(8-16-2)7-14-12(15)10-5-3-4-6-11(10)13/h3-6,9H,7-8H2,1-2H3,(H,14,15). The van der Waals surface area contributed by atoms with Gasteiger partial charge in [-0.2, -0.15) is 11.8 Å². The fourth-order valence-electron chi connectivity index (χ4n) is 1.35. The van der Waals surface area contributed by atoms with Gasteiger partial charge in [-0.25, -0.2) is 0 Å². The Morgan fingerprint density at radius 2 is 2.19 bits per heavy atom. The fraction of sp³-hybridized carbons (Fsp3) is 0.417. The zero-order valence-electron chi connectivity index (χ0n) is 9.50. The maximum Gasteiger partial charge on any atom is 0.252 e. The highest BCUT2D eigenvalue weighted by Crippen LogP contribution is 2.11. The molecule has 1 amide bonds. The molecule has 0 saturated heterocycles. The number of hydrogen-bond acceptors (Lipinski definition) is 2. The lowest BCUT2D eigenvalue weighted by Crippen LogP contribution is -2.29. The lowest BCUT2D eigenvalue weighted by Gasteiger charge is -2.11. The molecule has 0 aliphatic carbocycles. The zero-order valence-corrected chi connectivity index (χ0v) is 12.5. The van der Waals surface area contributed by atoms with Crippen LogP contribution in [0.3, 0.4) is 0 Å². The first kappa shape index (κ1) is 13.8. The lowest BCUT2D eigenvalue weighted by molar-refractivity contribution is 0.0948. The average Bonchev–Trinajstić information content (AvgIpc) is 2.27. The van der Waals surface area contributed by atoms with Crippen molar-refractivity contribution in [1.29, 1.82) is 0 Å². The summed E-state index contributed by atoms with van der Waals surface area (Å²) in [5.41, 5.74) is 0.763. The minimum atomic E-state index is 0.0259. The summed E-state index contributed by atoms with van der Waals surface area (Å²) in [6, 6.07) is 7.63. The minimum absolute atomic E-state index is 0.0259. The number of halogens is 1. The highest BCUT2D eigenvalue weighted by molar-refractivity contribution is 14.1. The zero-order chi connectivity index (χ0) is 12.0. The molecular weight excluding hydrogens is 333 g/mol. The molecule has 1 rings (SSSR count). The first-order valence-corrected chi connectivity index (χ1v) is 7.64. The Kier molecular flexibility index (Phi) is 6.20. The fourth-order valence-corrected chi connectivity index (χ4v) is 2.67. The quantitative estimate of drug-likeness (QED) is 0.828. The molecule has 1 aromatic carbocycles. The van der Waals surface area contributed by atoms with Crippen molar-refractivity contribution >= 4 is 40.3 Å². The van der Waals surface area contributed by atoms with Gasteiger partial charge < -0.3 is 5.32 Å². The van der Waals surface area contributed by atoms with Crippen molar-refractivity contribution in [2.45, 2.75) is 6.92 Å². The van der Waals surface area contributed by atoms with Crippen LogP contribution in [0.5, 0.6) is 0 Å². The van der Waals surface area contributed by atoms with Crippen LogP contribution in [0.15, 0.2) is 24.3 Å². The maximum atomic E-state index is 11.9. The Bertz CT molecular complexity index is 357. The Morgan fingerprint density at radius 1 is 1.50 bits per heavy atom. The van der Waals surface area contributed by atoms with Crippen molar-refractivity contribution in [3.05, 3.63) is 33.4 Å². The van der Waals surface area contributed by atoms with Crippen LogP contribution in [0.2, 0.25) is 0 Å². The Morgan fingerprint density at radius 3 is 2.81 bits per heavy atom. The van der Waals surface area contributed by atoms with E-state index in [1.54, 1.807) is 0 Å². The monoisotopic (exact) mass is 349 g/mol. The van der Waals surface area contributed by atoms with Crippen molar-refractivity contribution in [3.63, 3.8) is 0 Å². The Balaban J connectivity index is 2.50. The number of hydrogen-bond donors (Lipinski definition) is 1. The second-order valence-electron chi connectivity index (χ2n) is 3.75. The second-order valence-corrected chi connectivity index (χ2v) is 5.82. The first-order valence-electron chi connectivity index (χ1n) is 5.16. The molecule has 4 heteroatoms. The third-order valence-electron chi connectivity index (χ3n) is 2.18. The smallest absolute Gasteiger partial charge is 0.252 e. The molecular formula is C12H16INOS. The van der Waals surface area contributed by atoms with Crippen LogP contribution in [0.4, 0.5) is 0 Å². The van der Waals surface area contributed by atoms with E-state index in [1.165, 1.54) is 0 Å². The molecule has 0 bridgehead atoms. The van der Waals surface area contributed by atoms with Gasteiger partial charge >= 0.3 is 0 Å². The summed E-state index contributed by atoms with van der Waals surface area (Å²) in [5.74, 6) is 1.62. The summed E-state index contributed by atoms with van der Waals surface area (Å²) >= 11 is 3.99. The van der Waals surface area contributed by atoms with Crippen molar-refractivity contribution in [3.8, 4) is 0 Å². The molecule has 16 heavy (non-hydrogen) atoms. The summed E-state index contributed by atoms with van der Waals surface area (Å²) in [4.78, 5) is 11.9. The number of carbonyl (C=O) groups excluding carboxylic acids is 1. The van der Waals surface area contributed by atoms with E-state index in [1.807, 2.05) is 36.0 Å². The predicted molar refractivity (Wildman–Crippen MR) is 79.0 cm³/mol. The van der Waals surface area contributed by atoms with E-state index in [0.29, 0.717) is 5.92 Å². The number of rotatable bonds is 5. The van der Waals surface area contributed by atoms with E-state index in [4.69, 9.17) is 0 Å². The van der Waals surface area contributed by atoms with Crippen molar-refractivity contribution in [2.75, 3.05) is 18.6 Å². The van der Waals surface area contributed by atoms with E-state index in [9.17, 15) is 4.79 Å². The number of thioether (sulfide) groups is 1. The molecule has 1 unspecified atom stereocenters. The van der Waals surface area contributed by atoms with Crippen molar-refractivity contribution < 1.29 is 4.79 Å². The van der Waals surface area contributed by atoms with Gasteiger partial charge in [0.2, 0.25) is 0 Å². The van der Waals surface area contributed by atoms with Gasteiger partial charge in [-0.05, 0) is 52.7 Å². The molecule has 2 nitrogen and oxygen atoms in total. The SMILES string of the molecule is CSCC(C)CNC(=O)c1ccccc1I. The molecule has 0 fully saturated rings. The van der Waals surface area contributed by atoms with Gasteiger partial charge in [-0.15, -0.1) is 0 Å². The van der Waals surface area contributed by atoms with Crippen LogP contribution in [-0.2, 0) is 0 Å². The highest BCUT2D eigenvalue weighted by Gasteiger charge is 2.09. The molecule has 1 atom stereocenters. The first-order chi connectivity index (χ1) is 7.65. The Hall–Kier alpha value is -0.230. The molecule has 0 saturated carbocycles. The highest BCUT2D eigenvalue weighted by atomic mass is 127. The van der Waals surface area contributed by atoms with E-state index in [-0.39, 0.29) is 5.91 Å². The van der Waals surface area contributed by atoms with Crippen LogP contribution in [0.25, 0.3) is 0 Å². The topological polar surface area (TPSA) is 29.1 Å². The summed E-state index contributed by atoms with van der Waals surface area (Å²) in [7, 11) is 0. The summed E-state index contributed by atoms with van der Waals surface area (Å²) < 4.78 is 0.995. The third kappa shape index (κ3) is 4.33. The van der Waals surface area contributed by atoms with Crippen molar-refractivity contribution in [2.24, 2.45) is 5.92 Å². The number of carbonyl (C=O) groups is 1. The molecule has 0 spiro atoms. The average molecular weight is 349 g/mol. The molecule has 0 aromatic heterocycles. The van der Waals surface area contributed by atoms with Gasteiger partial charge in [-0.3, -0.25) is 4.79 Å².